The van der Waals surface area contributed by atoms with Crippen LogP contribution < -0.4 is 0 Å². The van der Waals surface area contributed by atoms with Crippen molar-refractivity contribution in [1.82, 2.24) is 0 Å². The summed E-state index contributed by atoms with van der Waals surface area (Å²) in [5.74, 6) is 1.22. The van der Waals surface area contributed by atoms with Crippen LogP contribution in [-0.4, -0.2) is 47.1 Å². The molecule has 0 bridgehead atoms. The summed E-state index contributed by atoms with van der Waals surface area (Å²) in [6.07, 6.45) is 0.730. The molecule has 2 heterocycles. The summed E-state index contributed by atoms with van der Waals surface area (Å²) in [6, 6.07) is -0.130. The fraction of sp³-hybridized carbons (Fsp3) is 0.750. The maximum Gasteiger partial charge on any atom is 0.181 e. The summed E-state index contributed by atoms with van der Waals surface area (Å²) in [7, 11) is 0. The molecule has 0 unspecified atom stereocenters. The Bertz CT molecular complexity index is 352. The van der Waals surface area contributed by atoms with E-state index >= 15 is 0 Å². The van der Waals surface area contributed by atoms with Crippen molar-refractivity contribution < 1.29 is 19.7 Å². The fourth-order valence-corrected chi connectivity index (χ4v) is 2.33. The van der Waals surface area contributed by atoms with Gasteiger partial charge in [0, 0.05) is 12.8 Å². The van der Waals surface area contributed by atoms with Crippen molar-refractivity contribution in [3.8, 4) is 0 Å². The number of nitrogens with zero attached hydrogens (tertiary/aromatic N) is 1. The highest BCUT2D eigenvalue weighted by atomic mass is 16.5. The lowest BCUT2D eigenvalue weighted by Crippen LogP contribution is -2.46. The second-order valence-corrected chi connectivity index (χ2v) is 4.69. The van der Waals surface area contributed by atoms with E-state index < -0.39 is 6.10 Å². The zero-order valence-corrected chi connectivity index (χ0v) is 10.3. The van der Waals surface area contributed by atoms with Crippen molar-refractivity contribution in [3.05, 3.63) is 11.8 Å². The van der Waals surface area contributed by atoms with Crippen LogP contribution in [0.4, 0.5) is 0 Å². The Labute approximate surface area is 101 Å². The first-order valence-electron chi connectivity index (χ1n) is 5.88. The van der Waals surface area contributed by atoms with E-state index in [4.69, 9.17) is 14.6 Å². The van der Waals surface area contributed by atoms with Crippen molar-refractivity contribution in [3.63, 3.8) is 0 Å². The van der Waals surface area contributed by atoms with Gasteiger partial charge in [-0.25, -0.2) is 4.99 Å². The average Bonchev–Trinajstić information content (AvgIpc) is 2.66. The molecule has 0 amide bonds. The van der Waals surface area contributed by atoms with E-state index in [0.29, 0.717) is 5.90 Å². The van der Waals surface area contributed by atoms with Gasteiger partial charge in [-0.1, -0.05) is 6.92 Å². The lowest BCUT2D eigenvalue weighted by molar-refractivity contribution is -0.0486. The Morgan fingerprint density at radius 1 is 1.41 bits per heavy atom. The number of hydrogen-bond donors (Lipinski definition) is 2. The molecule has 2 N–H and O–H groups in total. The van der Waals surface area contributed by atoms with Gasteiger partial charge in [0.05, 0.1) is 18.5 Å². The van der Waals surface area contributed by atoms with Gasteiger partial charge in [0.1, 0.15) is 18.2 Å². The largest absolute Gasteiger partial charge is 0.492 e. The van der Waals surface area contributed by atoms with E-state index in [1.165, 1.54) is 0 Å². The number of aliphatic hydroxyl groups is 2. The summed E-state index contributed by atoms with van der Waals surface area (Å²) in [5, 5.41) is 18.7. The number of allylic oxidation sites excluding steroid dienone is 1. The van der Waals surface area contributed by atoms with Crippen molar-refractivity contribution in [2.75, 3.05) is 6.61 Å². The van der Waals surface area contributed by atoms with Gasteiger partial charge in [-0.3, -0.25) is 0 Å². The van der Waals surface area contributed by atoms with Crippen molar-refractivity contribution in [1.29, 1.82) is 0 Å². The quantitative estimate of drug-likeness (QED) is 0.753. The zero-order valence-electron chi connectivity index (χ0n) is 10.3. The second-order valence-electron chi connectivity index (χ2n) is 4.69. The van der Waals surface area contributed by atoms with Crippen molar-refractivity contribution >= 4 is 5.90 Å². The fourth-order valence-electron chi connectivity index (χ4n) is 2.33. The molecule has 0 saturated heterocycles. The van der Waals surface area contributed by atoms with Crippen LogP contribution in [0, 0.1) is 5.92 Å². The van der Waals surface area contributed by atoms with Crippen LogP contribution in [0.1, 0.15) is 20.8 Å². The van der Waals surface area contributed by atoms with Gasteiger partial charge < -0.3 is 19.7 Å². The highest BCUT2D eigenvalue weighted by Gasteiger charge is 2.43. The maximum atomic E-state index is 9.71. The average molecular weight is 241 g/mol. The lowest BCUT2D eigenvalue weighted by atomic mass is 9.89. The van der Waals surface area contributed by atoms with Gasteiger partial charge in [0.15, 0.2) is 5.90 Å². The molecule has 0 aliphatic carbocycles. The normalized spacial score (nSPS) is 35.0. The van der Waals surface area contributed by atoms with Crippen LogP contribution in [0.2, 0.25) is 0 Å². The molecular formula is C12H19NO4. The Balaban J connectivity index is 2.19. The van der Waals surface area contributed by atoms with E-state index in [2.05, 4.69) is 4.99 Å². The number of aliphatic imine (C=N–C) groups is 1. The summed E-state index contributed by atoms with van der Waals surface area (Å²) < 4.78 is 11.3. The van der Waals surface area contributed by atoms with Crippen LogP contribution in [-0.2, 0) is 9.47 Å². The summed E-state index contributed by atoms with van der Waals surface area (Å²) in [5.41, 5.74) is 0. The third-order valence-electron chi connectivity index (χ3n) is 3.34. The van der Waals surface area contributed by atoms with E-state index in [-0.39, 0.29) is 30.8 Å². The summed E-state index contributed by atoms with van der Waals surface area (Å²) in [6.45, 7) is 5.25. The van der Waals surface area contributed by atoms with Gasteiger partial charge in [-0.15, -0.1) is 0 Å². The van der Waals surface area contributed by atoms with Crippen LogP contribution in [0.3, 0.4) is 0 Å². The number of ether oxygens (including phenoxy) is 2. The predicted octanol–water partition coefficient (Wildman–Crippen LogP) is 0.464. The Morgan fingerprint density at radius 3 is 2.76 bits per heavy atom. The predicted molar refractivity (Wildman–Crippen MR) is 62.7 cm³/mol. The molecule has 0 aromatic rings. The summed E-state index contributed by atoms with van der Waals surface area (Å²) >= 11 is 0. The minimum Gasteiger partial charge on any atom is -0.492 e. The monoisotopic (exact) mass is 241 g/mol. The molecule has 0 radical (unpaired) electrons. The lowest BCUT2D eigenvalue weighted by Gasteiger charge is -2.35. The zero-order chi connectivity index (χ0) is 12.6. The third-order valence-corrected chi connectivity index (χ3v) is 3.34. The van der Waals surface area contributed by atoms with E-state index in [1.54, 1.807) is 0 Å². The van der Waals surface area contributed by atoms with Crippen LogP contribution in [0.5, 0.6) is 0 Å². The van der Waals surface area contributed by atoms with Crippen LogP contribution in [0.15, 0.2) is 16.8 Å². The van der Waals surface area contributed by atoms with Gasteiger partial charge in [0.25, 0.3) is 0 Å². The first-order chi connectivity index (χ1) is 8.02. The molecular weight excluding hydrogens is 222 g/mol. The van der Waals surface area contributed by atoms with Gasteiger partial charge >= 0.3 is 0 Å². The van der Waals surface area contributed by atoms with Gasteiger partial charge in [-0.05, 0) is 13.0 Å². The third kappa shape index (κ3) is 2.30. The van der Waals surface area contributed by atoms with Crippen LogP contribution >= 0.6 is 0 Å². The molecule has 0 aromatic heterocycles. The molecule has 0 fully saturated rings. The molecule has 17 heavy (non-hydrogen) atoms. The molecule has 2 aliphatic heterocycles. The van der Waals surface area contributed by atoms with Crippen molar-refractivity contribution in [2.45, 2.75) is 45.1 Å². The molecule has 0 saturated carbocycles. The smallest absolute Gasteiger partial charge is 0.181 e. The van der Waals surface area contributed by atoms with Gasteiger partial charge in [-0.2, -0.15) is 0 Å². The number of fused-ring (bicyclic) bond motifs is 1. The Hall–Kier alpha value is -1.07. The Kier molecular flexibility index (Phi) is 3.40. The minimum absolute atomic E-state index is 0.109. The first kappa shape index (κ1) is 12.4. The molecule has 2 rings (SSSR count). The molecule has 5 nitrogen and oxygen atoms in total. The molecule has 0 aromatic carbocycles. The first-order valence-corrected chi connectivity index (χ1v) is 5.88. The number of rotatable bonds is 3. The maximum absolute atomic E-state index is 9.71. The highest BCUT2D eigenvalue weighted by Crippen LogP contribution is 2.32. The number of hydrogen-bond acceptors (Lipinski definition) is 5. The molecule has 0 spiro atoms. The second kappa shape index (κ2) is 4.66. The standard InChI is InChI=1S/C12H19NO4/c1-6-4-10-11(13-8(3)17-10)12(16-6)7(2)9(15)5-14/h4,7,9-12,14-15H,5H2,1-3H3/t7-,9-,10-,11-,12+/m1/s1. The van der Waals surface area contributed by atoms with E-state index in [1.807, 2.05) is 26.8 Å². The van der Waals surface area contributed by atoms with Crippen molar-refractivity contribution in [2.24, 2.45) is 10.9 Å². The number of aliphatic hydroxyl groups excluding tert-OH is 2. The molecule has 5 atom stereocenters. The molecule has 96 valence electrons. The minimum atomic E-state index is -0.803. The Morgan fingerprint density at radius 2 is 2.12 bits per heavy atom. The van der Waals surface area contributed by atoms with Gasteiger partial charge in [0.2, 0.25) is 0 Å². The molecule has 2 aliphatic rings. The SMILES string of the molecule is CC1=C[C@H]2OC(C)=N[C@H]2[C@H]([C@H](C)[C@H](O)CO)O1. The van der Waals surface area contributed by atoms with E-state index in [0.717, 1.165) is 5.76 Å². The topological polar surface area (TPSA) is 71.3 Å². The van der Waals surface area contributed by atoms with Crippen LogP contribution in [0.25, 0.3) is 0 Å². The molecule has 5 heteroatoms. The van der Waals surface area contributed by atoms with E-state index in [9.17, 15) is 5.11 Å². The summed E-state index contributed by atoms with van der Waals surface area (Å²) in [4.78, 5) is 4.40. The highest BCUT2D eigenvalue weighted by molar-refractivity contribution is 5.75.